The van der Waals surface area contributed by atoms with Crippen molar-refractivity contribution in [1.82, 2.24) is 25.0 Å². The molecule has 0 spiro atoms. The third-order valence-corrected chi connectivity index (χ3v) is 5.77. The highest BCUT2D eigenvalue weighted by molar-refractivity contribution is 7.13. The molecule has 152 valence electrons. The lowest BCUT2D eigenvalue weighted by atomic mass is 9.95. The second-order valence-electron chi connectivity index (χ2n) is 6.84. The Morgan fingerprint density at radius 1 is 1.38 bits per heavy atom. The molecule has 29 heavy (non-hydrogen) atoms. The lowest BCUT2D eigenvalue weighted by molar-refractivity contribution is -0.132. The molecule has 0 atom stereocenters. The van der Waals surface area contributed by atoms with Gasteiger partial charge in [0.1, 0.15) is 22.3 Å². The van der Waals surface area contributed by atoms with Crippen LogP contribution in [-0.4, -0.2) is 51.1 Å². The minimum Gasteiger partial charge on any atom is -0.479 e. The van der Waals surface area contributed by atoms with Crippen molar-refractivity contribution in [2.75, 3.05) is 20.2 Å². The summed E-state index contributed by atoms with van der Waals surface area (Å²) < 4.78 is 10.1. The quantitative estimate of drug-likeness (QED) is 0.656. The zero-order chi connectivity index (χ0) is 20.2. The Morgan fingerprint density at radius 3 is 2.90 bits per heavy atom. The van der Waals surface area contributed by atoms with Crippen LogP contribution in [-0.2, 0) is 11.2 Å². The largest absolute Gasteiger partial charge is 0.479 e. The molecule has 0 saturated carbocycles. The molecule has 3 aromatic rings. The molecule has 0 unspecified atom stereocenters. The van der Waals surface area contributed by atoms with Gasteiger partial charge in [0.05, 0.1) is 7.11 Å². The molecule has 4 rings (SSSR count). The van der Waals surface area contributed by atoms with Crippen LogP contribution in [0.4, 0.5) is 0 Å². The molecule has 0 aromatic carbocycles. The molecule has 1 aliphatic heterocycles. The average Bonchev–Trinajstić information content (AvgIpc) is 3.43. The van der Waals surface area contributed by atoms with Gasteiger partial charge >= 0.3 is 0 Å². The van der Waals surface area contributed by atoms with Crippen molar-refractivity contribution >= 4 is 17.2 Å². The number of amides is 1. The van der Waals surface area contributed by atoms with E-state index in [1.54, 1.807) is 12.3 Å². The van der Waals surface area contributed by atoms with Crippen LogP contribution in [0.25, 0.3) is 10.7 Å². The fraction of sp³-hybridized carbons (Fsp3) is 0.421. The zero-order valence-corrected chi connectivity index (χ0v) is 16.8. The molecule has 3 aromatic heterocycles. The second-order valence-corrected chi connectivity index (χ2v) is 7.74. The van der Waals surface area contributed by atoms with Crippen molar-refractivity contribution in [2.45, 2.75) is 31.6 Å². The highest BCUT2D eigenvalue weighted by atomic mass is 32.1. The van der Waals surface area contributed by atoms with Crippen molar-refractivity contribution in [2.24, 2.45) is 0 Å². The number of aryl methyl sites for hydroxylation is 1. The lowest BCUT2D eigenvalue weighted by Gasteiger charge is -2.31. The van der Waals surface area contributed by atoms with Gasteiger partial charge in [-0.2, -0.15) is 0 Å². The van der Waals surface area contributed by atoms with Crippen LogP contribution in [0, 0.1) is 0 Å². The molecule has 9 nitrogen and oxygen atoms in total. The summed E-state index contributed by atoms with van der Waals surface area (Å²) in [5.41, 5.74) is 0.418. The molecule has 1 saturated heterocycles. The summed E-state index contributed by atoms with van der Waals surface area (Å²) in [5, 5.41) is 6.33. The number of nitrogens with one attached hydrogen (secondary N) is 1. The minimum atomic E-state index is -0.179. The Labute approximate surface area is 170 Å². The van der Waals surface area contributed by atoms with E-state index in [0.717, 1.165) is 17.8 Å². The molecule has 4 heterocycles. The van der Waals surface area contributed by atoms with Crippen molar-refractivity contribution in [3.05, 3.63) is 45.6 Å². The van der Waals surface area contributed by atoms with E-state index in [2.05, 4.69) is 20.1 Å². The minimum absolute atomic E-state index is 0.0804. The Morgan fingerprint density at radius 2 is 2.21 bits per heavy atom. The van der Waals surface area contributed by atoms with Gasteiger partial charge in [-0.15, -0.1) is 11.3 Å². The summed E-state index contributed by atoms with van der Waals surface area (Å²) in [6.45, 7) is 1.27. The number of ether oxygens (including phenoxy) is 1. The molecule has 1 aliphatic rings. The fourth-order valence-electron chi connectivity index (χ4n) is 3.43. The first-order valence-corrected chi connectivity index (χ1v) is 10.3. The summed E-state index contributed by atoms with van der Waals surface area (Å²) in [4.78, 5) is 38.1. The predicted octanol–water partition coefficient (Wildman–Crippen LogP) is 2.23. The Hall–Kier alpha value is -3.01. The number of H-pyrrole nitrogens is 1. The number of hydrogen-bond donors (Lipinski definition) is 1. The molecule has 1 fully saturated rings. The molecule has 0 radical (unpaired) electrons. The standard InChI is InChI=1S/C19H21N5O4S/c1-27-16-10-13(28-23-16)2-3-17(26)24-7-4-12(5-8-24)18-21-14(11-15(25)22-18)19-20-6-9-29-19/h6,9-12H,2-5,7-8H2,1H3,(H,21,22,25). The number of carbonyl (C=O) groups is 1. The zero-order valence-electron chi connectivity index (χ0n) is 16.0. The summed E-state index contributed by atoms with van der Waals surface area (Å²) >= 11 is 1.45. The van der Waals surface area contributed by atoms with E-state index < -0.39 is 0 Å². The number of aromatic amines is 1. The molecule has 1 N–H and O–H groups in total. The Kier molecular flexibility index (Phi) is 5.70. The van der Waals surface area contributed by atoms with Crippen molar-refractivity contribution in [3.63, 3.8) is 0 Å². The van der Waals surface area contributed by atoms with Gasteiger partial charge in [-0.05, 0) is 18.0 Å². The van der Waals surface area contributed by atoms with Crippen molar-refractivity contribution in [1.29, 1.82) is 0 Å². The van der Waals surface area contributed by atoms with Crippen LogP contribution in [0.15, 0.2) is 33.0 Å². The maximum absolute atomic E-state index is 12.5. The van der Waals surface area contributed by atoms with Gasteiger partial charge in [-0.1, -0.05) is 0 Å². The van der Waals surface area contributed by atoms with E-state index in [0.29, 0.717) is 49.1 Å². The summed E-state index contributed by atoms with van der Waals surface area (Å²) in [6, 6.07) is 3.16. The average molecular weight is 415 g/mol. The lowest BCUT2D eigenvalue weighted by Crippen LogP contribution is -2.38. The third kappa shape index (κ3) is 4.53. The van der Waals surface area contributed by atoms with E-state index >= 15 is 0 Å². The number of aromatic nitrogens is 4. The smallest absolute Gasteiger partial charge is 0.254 e. The normalized spacial score (nSPS) is 14.9. The van der Waals surface area contributed by atoms with Gasteiger partial charge in [0.25, 0.3) is 11.4 Å². The first kappa shape index (κ1) is 19.3. The summed E-state index contributed by atoms with van der Waals surface area (Å²) in [6.07, 6.45) is 4.05. The third-order valence-electron chi connectivity index (χ3n) is 4.98. The molecule has 1 amide bonds. The number of nitrogens with zero attached hydrogens (tertiary/aromatic N) is 4. The number of carbonyl (C=O) groups excluding carboxylic acids is 1. The van der Waals surface area contributed by atoms with Gasteiger partial charge in [0.2, 0.25) is 5.91 Å². The van der Waals surface area contributed by atoms with Gasteiger partial charge < -0.3 is 19.1 Å². The molecule has 0 bridgehead atoms. The second kappa shape index (κ2) is 8.56. The first-order chi connectivity index (χ1) is 14.1. The number of thiazole rings is 1. The van der Waals surface area contributed by atoms with Gasteiger partial charge in [-0.25, -0.2) is 9.97 Å². The van der Waals surface area contributed by atoms with Crippen LogP contribution < -0.4 is 10.3 Å². The summed E-state index contributed by atoms with van der Waals surface area (Å²) in [5.74, 6) is 1.91. The number of hydrogen-bond acceptors (Lipinski definition) is 8. The van der Waals surface area contributed by atoms with Crippen LogP contribution in [0.1, 0.15) is 36.8 Å². The van der Waals surface area contributed by atoms with E-state index in [1.165, 1.54) is 24.5 Å². The molecular formula is C19H21N5O4S. The number of methoxy groups -OCH3 is 1. The molecular weight excluding hydrogens is 394 g/mol. The maximum Gasteiger partial charge on any atom is 0.254 e. The SMILES string of the molecule is COc1cc(CCC(=O)N2CCC(c3nc(-c4nccs4)cc(=O)[nH]3)CC2)on1. The maximum atomic E-state index is 12.5. The highest BCUT2D eigenvalue weighted by Gasteiger charge is 2.26. The molecule has 10 heteroatoms. The Bertz CT molecular complexity index is 1020. The van der Waals surface area contributed by atoms with E-state index in [1.807, 2.05) is 10.3 Å². The summed E-state index contributed by atoms with van der Waals surface area (Å²) in [7, 11) is 1.52. The van der Waals surface area contributed by atoms with Crippen LogP contribution in [0.3, 0.4) is 0 Å². The van der Waals surface area contributed by atoms with Crippen molar-refractivity contribution < 1.29 is 14.1 Å². The number of rotatable bonds is 6. The number of piperidine rings is 1. The highest BCUT2D eigenvalue weighted by Crippen LogP contribution is 2.27. The topological polar surface area (TPSA) is 114 Å². The predicted molar refractivity (Wildman–Crippen MR) is 106 cm³/mol. The number of likely N-dealkylation sites (tertiary alicyclic amines) is 1. The van der Waals surface area contributed by atoms with E-state index in [9.17, 15) is 9.59 Å². The monoisotopic (exact) mass is 415 g/mol. The first-order valence-electron chi connectivity index (χ1n) is 9.41. The van der Waals surface area contributed by atoms with Gasteiger partial charge in [0.15, 0.2) is 0 Å². The van der Waals surface area contributed by atoms with Crippen LogP contribution in [0.2, 0.25) is 0 Å². The van der Waals surface area contributed by atoms with Gasteiger partial charge in [-0.3, -0.25) is 9.59 Å². The molecule has 0 aliphatic carbocycles. The van der Waals surface area contributed by atoms with Crippen molar-refractivity contribution in [3.8, 4) is 16.6 Å². The van der Waals surface area contributed by atoms with Crippen LogP contribution >= 0.6 is 11.3 Å². The van der Waals surface area contributed by atoms with Gasteiger partial charge in [0, 0.05) is 55.6 Å². The van der Waals surface area contributed by atoms with E-state index in [4.69, 9.17) is 9.26 Å². The Balaban J connectivity index is 1.34. The van der Waals surface area contributed by atoms with E-state index in [-0.39, 0.29) is 17.4 Å². The van der Waals surface area contributed by atoms with Crippen LogP contribution in [0.5, 0.6) is 5.88 Å². The fourth-order valence-corrected chi connectivity index (χ4v) is 4.03.